The normalized spacial score (nSPS) is 21.8. The summed E-state index contributed by atoms with van der Waals surface area (Å²) in [5.74, 6) is 1.01. The highest BCUT2D eigenvalue weighted by molar-refractivity contribution is 5.87. The van der Waals surface area contributed by atoms with Crippen molar-refractivity contribution in [3.05, 3.63) is 23.8 Å². The molecule has 1 saturated heterocycles. The molecule has 1 atom stereocenters. The van der Waals surface area contributed by atoms with Gasteiger partial charge in [-0.15, -0.1) is 0 Å². The van der Waals surface area contributed by atoms with E-state index in [-0.39, 0.29) is 17.5 Å². The van der Waals surface area contributed by atoms with E-state index in [1.54, 1.807) is 12.1 Å². The number of carbonyl (C=O) groups is 1. The quantitative estimate of drug-likeness (QED) is 0.763. The molecule has 1 saturated carbocycles. The molecule has 1 heterocycles. The number of carbonyl (C=O) groups excluding carboxylic acids is 1. The van der Waals surface area contributed by atoms with Crippen LogP contribution in [0.5, 0.6) is 11.5 Å². The Labute approximate surface area is 139 Å². The zero-order chi connectivity index (χ0) is 17.1. The van der Waals surface area contributed by atoms with Crippen LogP contribution in [-0.4, -0.2) is 50.2 Å². The Morgan fingerprint density at radius 1 is 1.42 bits per heavy atom. The fourth-order valence-electron chi connectivity index (χ4n) is 2.91. The van der Waals surface area contributed by atoms with Gasteiger partial charge in [0, 0.05) is 31.1 Å². The topological polar surface area (TPSA) is 48.0 Å². The summed E-state index contributed by atoms with van der Waals surface area (Å²) >= 11 is 0. The summed E-state index contributed by atoms with van der Waals surface area (Å²) in [6.45, 7) is -0.915. The summed E-state index contributed by atoms with van der Waals surface area (Å²) in [5, 5.41) is 0. The van der Waals surface area contributed by atoms with Crippen molar-refractivity contribution in [2.75, 3.05) is 26.8 Å². The zero-order valence-corrected chi connectivity index (χ0v) is 13.5. The molecule has 2 fully saturated rings. The molecule has 1 aromatic rings. The molecule has 0 bridgehead atoms. The molecule has 1 aliphatic heterocycles. The van der Waals surface area contributed by atoms with Gasteiger partial charge in [-0.25, -0.2) is 0 Å². The van der Waals surface area contributed by atoms with Crippen LogP contribution in [0.15, 0.2) is 18.2 Å². The van der Waals surface area contributed by atoms with Crippen molar-refractivity contribution < 1.29 is 27.8 Å². The number of alkyl halides is 2. The highest BCUT2D eigenvalue weighted by atomic mass is 19.3. The summed E-state index contributed by atoms with van der Waals surface area (Å²) in [4.78, 5) is 14.2. The van der Waals surface area contributed by atoms with Crippen molar-refractivity contribution in [1.29, 1.82) is 0 Å². The van der Waals surface area contributed by atoms with Crippen LogP contribution in [0.25, 0.3) is 0 Å². The second-order valence-electron chi connectivity index (χ2n) is 6.12. The highest BCUT2D eigenvalue weighted by Crippen LogP contribution is 2.33. The average Bonchev–Trinajstić information content (AvgIpc) is 3.40. The van der Waals surface area contributed by atoms with Gasteiger partial charge in [0.15, 0.2) is 5.78 Å². The van der Waals surface area contributed by atoms with Gasteiger partial charge in [-0.3, -0.25) is 9.69 Å². The Morgan fingerprint density at radius 3 is 2.88 bits per heavy atom. The van der Waals surface area contributed by atoms with E-state index >= 15 is 0 Å². The Bertz CT molecular complexity index is 592. The number of hydrogen-bond donors (Lipinski definition) is 0. The standard InChI is InChI=1S/C17H21F2NO4/c1-22-13-4-5-14(24-17(18)19)12(8-13)9-20-6-7-23-15(10-20)16(21)11-2-3-11/h4-5,8,11,15,17H,2-3,6-7,9-10H2,1H3/t15-/m0/s1. The van der Waals surface area contributed by atoms with Crippen LogP contribution in [0, 0.1) is 5.92 Å². The van der Waals surface area contributed by atoms with E-state index in [2.05, 4.69) is 4.74 Å². The lowest BCUT2D eigenvalue weighted by Crippen LogP contribution is -2.46. The van der Waals surface area contributed by atoms with Crippen LogP contribution in [0.1, 0.15) is 18.4 Å². The zero-order valence-electron chi connectivity index (χ0n) is 13.5. The first kappa shape index (κ1) is 17.1. The van der Waals surface area contributed by atoms with Crippen LogP contribution < -0.4 is 9.47 Å². The van der Waals surface area contributed by atoms with E-state index in [1.165, 1.54) is 13.2 Å². The summed E-state index contributed by atoms with van der Waals surface area (Å²) in [6.07, 6.45) is 1.47. The molecule has 132 valence electrons. The van der Waals surface area contributed by atoms with E-state index in [1.807, 2.05) is 4.90 Å². The van der Waals surface area contributed by atoms with Gasteiger partial charge in [-0.2, -0.15) is 8.78 Å². The maximum absolute atomic E-state index is 12.6. The first-order valence-electron chi connectivity index (χ1n) is 8.06. The van der Waals surface area contributed by atoms with E-state index < -0.39 is 12.7 Å². The molecule has 0 spiro atoms. The SMILES string of the molecule is COc1ccc(OC(F)F)c(CN2CCO[C@H](C(=O)C3CC3)C2)c1. The average molecular weight is 341 g/mol. The van der Waals surface area contributed by atoms with Crippen molar-refractivity contribution in [2.24, 2.45) is 5.92 Å². The van der Waals surface area contributed by atoms with Gasteiger partial charge in [0.25, 0.3) is 0 Å². The number of rotatable bonds is 7. The maximum Gasteiger partial charge on any atom is 0.387 e. The van der Waals surface area contributed by atoms with Crippen molar-refractivity contribution in [1.82, 2.24) is 4.90 Å². The molecule has 24 heavy (non-hydrogen) atoms. The Balaban J connectivity index is 1.70. The number of ether oxygens (including phenoxy) is 3. The number of morpholine rings is 1. The number of hydrogen-bond acceptors (Lipinski definition) is 5. The molecular weight excluding hydrogens is 320 g/mol. The molecule has 5 nitrogen and oxygen atoms in total. The minimum atomic E-state index is -2.88. The number of Topliss-reactive ketones (excluding diaryl/α,β-unsaturated/α-hetero) is 1. The van der Waals surface area contributed by atoms with E-state index in [4.69, 9.17) is 9.47 Å². The fourth-order valence-corrected chi connectivity index (χ4v) is 2.91. The van der Waals surface area contributed by atoms with E-state index in [0.717, 1.165) is 12.8 Å². The summed E-state index contributed by atoms with van der Waals surface area (Å²) in [5.41, 5.74) is 0.606. The monoisotopic (exact) mass is 341 g/mol. The number of methoxy groups -OCH3 is 1. The fraction of sp³-hybridized carbons (Fsp3) is 0.588. The molecule has 2 aliphatic rings. The van der Waals surface area contributed by atoms with Crippen molar-refractivity contribution in [2.45, 2.75) is 32.1 Å². The molecule has 7 heteroatoms. The van der Waals surface area contributed by atoms with Crippen LogP contribution in [0.4, 0.5) is 8.78 Å². The molecule has 1 aliphatic carbocycles. The molecule has 0 aromatic heterocycles. The van der Waals surface area contributed by atoms with Crippen molar-refractivity contribution >= 4 is 5.78 Å². The molecule has 1 aromatic carbocycles. The van der Waals surface area contributed by atoms with E-state index in [0.29, 0.717) is 37.6 Å². The van der Waals surface area contributed by atoms with E-state index in [9.17, 15) is 13.6 Å². The largest absolute Gasteiger partial charge is 0.497 e. The van der Waals surface area contributed by atoms with Crippen LogP contribution in [-0.2, 0) is 16.1 Å². The predicted octanol–water partition coefficient (Wildman–Crippen LogP) is 2.48. The number of benzene rings is 1. The molecule has 0 radical (unpaired) electrons. The van der Waals surface area contributed by atoms with Gasteiger partial charge in [0.1, 0.15) is 17.6 Å². The van der Waals surface area contributed by atoms with Crippen molar-refractivity contribution in [3.8, 4) is 11.5 Å². The maximum atomic E-state index is 12.6. The summed E-state index contributed by atoms with van der Waals surface area (Å²) in [7, 11) is 1.52. The predicted molar refractivity (Wildman–Crippen MR) is 82.4 cm³/mol. The molecule has 0 unspecified atom stereocenters. The lowest BCUT2D eigenvalue weighted by molar-refractivity contribution is -0.137. The second kappa shape index (κ2) is 7.44. The molecular formula is C17H21F2NO4. The van der Waals surface area contributed by atoms with Gasteiger partial charge >= 0.3 is 6.61 Å². The number of halogens is 2. The molecule has 0 N–H and O–H groups in total. The van der Waals surface area contributed by atoms with Gasteiger partial charge in [-0.05, 0) is 31.0 Å². The van der Waals surface area contributed by atoms with Gasteiger partial charge < -0.3 is 14.2 Å². The number of nitrogens with zero attached hydrogens (tertiary/aromatic N) is 1. The summed E-state index contributed by atoms with van der Waals surface area (Å²) < 4.78 is 40.5. The van der Waals surface area contributed by atoms with Crippen LogP contribution >= 0.6 is 0 Å². The second-order valence-corrected chi connectivity index (χ2v) is 6.12. The van der Waals surface area contributed by atoms with Gasteiger partial charge in [-0.1, -0.05) is 0 Å². The lowest BCUT2D eigenvalue weighted by atomic mass is 10.1. The minimum Gasteiger partial charge on any atom is -0.497 e. The molecule has 3 rings (SSSR count). The number of ketones is 1. The van der Waals surface area contributed by atoms with Crippen LogP contribution in [0.2, 0.25) is 0 Å². The first-order valence-corrected chi connectivity index (χ1v) is 8.06. The Kier molecular flexibility index (Phi) is 5.30. The minimum absolute atomic E-state index is 0.127. The Hall–Kier alpha value is -1.73. The Morgan fingerprint density at radius 2 is 2.21 bits per heavy atom. The van der Waals surface area contributed by atoms with Gasteiger partial charge in [0.05, 0.1) is 13.7 Å². The smallest absolute Gasteiger partial charge is 0.387 e. The summed E-state index contributed by atoms with van der Waals surface area (Å²) in [6, 6.07) is 4.75. The third-order valence-electron chi connectivity index (χ3n) is 4.33. The van der Waals surface area contributed by atoms with Crippen molar-refractivity contribution in [3.63, 3.8) is 0 Å². The molecule has 0 amide bonds. The van der Waals surface area contributed by atoms with Gasteiger partial charge in [0.2, 0.25) is 0 Å². The third kappa shape index (κ3) is 4.21. The third-order valence-corrected chi connectivity index (χ3v) is 4.33. The lowest BCUT2D eigenvalue weighted by Gasteiger charge is -2.32. The highest BCUT2D eigenvalue weighted by Gasteiger charge is 2.37. The first-order chi connectivity index (χ1) is 11.6. The van der Waals surface area contributed by atoms with Crippen LogP contribution in [0.3, 0.4) is 0 Å².